The van der Waals surface area contributed by atoms with Crippen molar-refractivity contribution in [3.8, 4) is 5.75 Å². The van der Waals surface area contributed by atoms with Crippen molar-refractivity contribution in [1.82, 2.24) is 10.2 Å². The molecule has 1 fully saturated rings. The van der Waals surface area contributed by atoms with Gasteiger partial charge in [0.25, 0.3) is 5.91 Å². The van der Waals surface area contributed by atoms with E-state index >= 15 is 0 Å². The molecule has 0 bridgehead atoms. The first-order valence-electron chi connectivity index (χ1n) is 7.68. The van der Waals surface area contributed by atoms with Crippen LogP contribution in [0.4, 0.5) is 10.5 Å². The molecule has 0 saturated carbocycles. The molecule has 1 saturated heterocycles. The van der Waals surface area contributed by atoms with Gasteiger partial charge in [0.05, 0.1) is 19.3 Å². The fraction of sp³-hybridized carbons (Fsp3) is 0.375. The van der Waals surface area contributed by atoms with E-state index in [4.69, 9.17) is 9.47 Å². The van der Waals surface area contributed by atoms with E-state index in [0.29, 0.717) is 11.4 Å². The second kappa shape index (κ2) is 8.67. The van der Waals surface area contributed by atoms with Crippen LogP contribution in [0.5, 0.6) is 5.75 Å². The van der Waals surface area contributed by atoms with Gasteiger partial charge >= 0.3 is 12.0 Å². The molecule has 0 aromatic heterocycles. The Bertz CT molecular complexity index is 660. The fourth-order valence-electron chi connectivity index (χ4n) is 2.22. The molecule has 0 atom stereocenters. The summed E-state index contributed by atoms with van der Waals surface area (Å²) in [5.41, 5.74) is 0.476. The van der Waals surface area contributed by atoms with Gasteiger partial charge in [-0.3, -0.25) is 19.3 Å². The van der Waals surface area contributed by atoms with Crippen molar-refractivity contribution < 1.29 is 28.7 Å². The standard InChI is InChI=1S/C16H19N3O6/c1-24-12-6-3-2-5-11(12)18-13(20)10-25-15(22)7-4-8-19-14(21)9-17-16(19)23/h2-3,5-6H,4,7-10H2,1H3,(H,17,23)(H,18,20). The Labute approximate surface area is 144 Å². The normalized spacial score (nSPS) is 13.4. The molecule has 1 heterocycles. The van der Waals surface area contributed by atoms with Crippen LogP contribution in [0.3, 0.4) is 0 Å². The number of carbonyl (C=O) groups excluding carboxylic acids is 4. The molecule has 2 rings (SSSR count). The van der Waals surface area contributed by atoms with Crippen LogP contribution in [0.15, 0.2) is 24.3 Å². The van der Waals surface area contributed by atoms with Crippen LogP contribution >= 0.6 is 0 Å². The second-order valence-corrected chi connectivity index (χ2v) is 5.22. The highest BCUT2D eigenvalue weighted by molar-refractivity contribution is 6.01. The average Bonchev–Trinajstić information content (AvgIpc) is 2.92. The minimum absolute atomic E-state index is 0.000994. The van der Waals surface area contributed by atoms with Crippen molar-refractivity contribution in [3.63, 3.8) is 0 Å². The lowest BCUT2D eigenvalue weighted by atomic mass is 10.3. The monoisotopic (exact) mass is 349 g/mol. The lowest BCUT2D eigenvalue weighted by molar-refractivity contribution is -0.147. The maximum Gasteiger partial charge on any atom is 0.324 e. The summed E-state index contributed by atoms with van der Waals surface area (Å²) in [5, 5.41) is 4.97. The molecule has 0 unspecified atom stereocenters. The molecule has 1 aromatic rings. The third-order valence-electron chi connectivity index (χ3n) is 3.44. The summed E-state index contributed by atoms with van der Waals surface area (Å²) in [6, 6.07) is 6.39. The molecular weight excluding hydrogens is 330 g/mol. The molecule has 9 heteroatoms. The Morgan fingerprint density at radius 1 is 1.28 bits per heavy atom. The van der Waals surface area contributed by atoms with Crippen molar-refractivity contribution in [2.75, 3.05) is 32.1 Å². The van der Waals surface area contributed by atoms with Gasteiger partial charge in [0.1, 0.15) is 5.75 Å². The van der Waals surface area contributed by atoms with Crippen molar-refractivity contribution in [3.05, 3.63) is 24.3 Å². The molecule has 9 nitrogen and oxygen atoms in total. The van der Waals surface area contributed by atoms with Crippen LogP contribution in [-0.2, 0) is 19.1 Å². The predicted octanol–water partition coefficient (Wildman–Crippen LogP) is 0.509. The first-order valence-corrected chi connectivity index (χ1v) is 7.68. The van der Waals surface area contributed by atoms with Crippen molar-refractivity contribution >= 4 is 29.5 Å². The van der Waals surface area contributed by atoms with E-state index in [1.807, 2.05) is 0 Å². The zero-order valence-electron chi connectivity index (χ0n) is 13.7. The Hall–Kier alpha value is -3.10. The number of anilines is 1. The number of benzene rings is 1. The number of imide groups is 1. The SMILES string of the molecule is COc1ccccc1NC(=O)COC(=O)CCCN1C(=O)CNC1=O. The van der Waals surface area contributed by atoms with Gasteiger partial charge in [0, 0.05) is 13.0 Å². The molecule has 25 heavy (non-hydrogen) atoms. The molecule has 0 spiro atoms. The maximum atomic E-state index is 11.8. The van der Waals surface area contributed by atoms with Gasteiger partial charge in [-0.05, 0) is 18.6 Å². The van der Waals surface area contributed by atoms with Gasteiger partial charge in [-0.1, -0.05) is 12.1 Å². The number of hydrogen-bond acceptors (Lipinski definition) is 6. The highest BCUT2D eigenvalue weighted by Gasteiger charge is 2.27. The van der Waals surface area contributed by atoms with E-state index in [2.05, 4.69) is 10.6 Å². The third kappa shape index (κ3) is 5.20. The second-order valence-electron chi connectivity index (χ2n) is 5.22. The van der Waals surface area contributed by atoms with E-state index in [9.17, 15) is 19.2 Å². The number of carbonyl (C=O) groups is 4. The van der Waals surface area contributed by atoms with Crippen molar-refractivity contribution in [1.29, 1.82) is 0 Å². The molecule has 1 aliphatic heterocycles. The van der Waals surface area contributed by atoms with E-state index < -0.39 is 24.5 Å². The number of rotatable bonds is 8. The molecule has 134 valence electrons. The number of amides is 4. The van der Waals surface area contributed by atoms with Gasteiger partial charge < -0.3 is 20.1 Å². The zero-order chi connectivity index (χ0) is 18.2. The summed E-state index contributed by atoms with van der Waals surface area (Å²) in [6.45, 7) is -0.320. The topological polar surface area (TPSA) is 114 Å². The fourth-order valence-corrected chi connectivity index (χ4v) is 2.22. The largest absolute Gasteiger partial charge is 0.495 e. The molecule has 0 aliphatic carbocycles. The van der Waals surface area contributed by atoms with E-state index in [1.54, 1.807) is 24.3 Å². The summed E-state index contributed by atoms with van der Waals surface area (Å²) >= 11 is 0. The summed E-state index contributed by atoms with van der Waals surface area (Å²) in [5.74, 6) is -0.903. The van der Waals surface area contributed by atoms with Crippen molar-refractivity contribution in [2.45, 2.75) is 12.8 Å². The van der Waals surface area contributed by atoms with E-state index in [-0.39, 0.29) is 31.8 Å². The highest BCUT2D eigenvalue weighted by atomic mass is 16.5. The zero-order valence-corrected chi connectivity index (χ0v) is 13.7. The quantitative estimate of drug-likeness (QED) is 0.522. The highest BCUT2D eigenvalue weighted by Crippen LogP contribution is 2.22. The number of nitrogens with one attached hydrogen (secondary N) is 2. The van der Waals surface area contributed by atoms with Gasteiger partial charge in [-0.15, -0.1) is 0 Å². The van der Waals surface area contributed by atoms with Crippen LogP contribution in [0.25, 0.3) is 0 Å². The first-order chi connectivity index (χ1) is 12.0. The summed E-state index contributed by atoms with van der Waals surface area (Å²) in [7, 11) is 1.48. The Morgan fingerprint density at radius 3 is 2.72 bits per heavy atom. The molecule has 2 N–H and O–H groups in total. The number of urea groups is 1. The number of esters is 1. The third-order valence-corrected chi connectivity index (χ3v) is 3.44. The summed E-state index contributed by atoms with van der Waals surface area (Å²) < 4.78 is 9.98. The minimum atomic E-state index is -0.581. The summed E-state index contributed by atoms with van der Waals surface area (Å²) in [4.78, 5) is 47.2. The van der Waals surface area contributed by atoms with Crippen LogP contribution < -0.4 is 15.4 Å². The lowest BCUT2D eigenvalue weighted by Gasteiger charge is -2.12. The number of ether oxygens (including phenoxy) is 2. The number of hydrogen-bond donors (Lipinski definition) is 2. The van der Waals surface area contributed by atoms with E-state index in [0.717, 1.165) is 4.90 Å². The smallest absolute Gasteiger partial charge is 0.324 e. The first kappa shape index (κ1) is 18.2. The number of methoxy groups -OCH3 is 1. The average molecular weight is 349 g/mol. The van der Waals surface area contributed by atoms with Crippen molar-refractivity contribution in [2.24, 2.45) is 0 Å². The molecule has 1 aliphatic rings. The predicted molar refractivity (Wildman–Crippen MR) is 86.9 cm³/mol. The minimum Gasteiger partial charge on any atom is -0.495 e. The van der Waals surface area contributed by atoms with Gasteiger partial charge in [-0.25, -0.2) is 4.79 Å². The molecule has 0 radical (unpaired) electrons. The Morgan fingerprint density at radius 2 is 2.04 bits per heavy atom. The maximum absolute atomic E-state index is 11.8. The van der Waals surface area contributed by atoms with Crippen LogP contribution in [0, 0.1) is 0 Å². The van der Waals surface area contributed by atoms with E-state index in [1.165, 1.54) is 7.11 Å². The van der Waals surface area contributed by atoms with Crippen LogP contribution in [0.1, 0.15) is 12.8 Å². The van der Waals surface area contributed by atoms with Crippen LogP contribution in [-0.4, -0.2) is 55.5 Å². The molecule has 1 aromatic carbocycles. The number of para-hydroxylation sites is 2. The van der Waals surface area contributed by atoms with Gasteiger partial charge in [-0.2, -0.15) is 0 Å². The number of nitrogens with zero attached hydrogens (tertiary/aromatic N) is 1. The lowest BCUT2D eigenvalue weighted by Crippen LogP contribution is -2.32. The molecular formula is C16H19N3O6. The Kier molecular flexibility index (Phi) is 6.33. The Balaban J connectivity index is 1.68. The summed E-state index contributed by atoms with van der Waals surface area (Å²) in [6.07, 6.45) is 0.269. The van der Waals surface area contributed by atoms with Crippen LogP contribution in [0.2, 0.25) is 0 Å². The van der Waals surface area contributed by atoms with Gasteiger partial charge in [0.15, 0.2) is 6.61 Å². The molecule has 4 amide bonds. The van der Waals surface area contributed by atoms with Gasteiger partial charge in [0.2, 0.25) is 5.91 Å².